The van der Waals surface area contributed by atoms with Gasteiger partial charge in [0.1, 0.15) is 32.7 Å². The summed E-state index contributed by atoms with van der Waals surface area (Å²) in [6, 6.07) is 6.77. The van der Waals surface area contributed by atoms with Crippen LogP contribution in [0.2, 0.25) is 0 Å². The number of carbonyl (C=O) groups excluding carboxylic acids is 1. The summed E-state index contributed by atoms with van der Waals surface area (Å²) in [6.07, 6.45) is 9.43. The molecule has 1 aromatic rings. The lowest BCUT2D eigenvalue weighted by Crippen LogP contribution is -3.28. The number of piperazine rings is 1. The number of carbonyl (C=O) groups is 1. The topological polar surface area (TPSA) is 47.7 Å². The molecule has 5 rings (SSSR count). The van der Waals surface area contributed by atoms with Crippen LogP contribution in [-0.4, -0.2) is 56.4 Å². The highest BCUT2D eigenvalue weighted by Crippen LogP contribution is 2.34. The normalized spacial score (nSPS) is 26.1. The Labute approximate surface area is 173 Å². The molecule has 1 amide bonds. The van der Waals surface area contributed by atoms with Crippen LogP contribution in [0.25, 0.3) is 0 Å². The number of amides is 1. The number of fused-ring (bicyclic) bond motifs is 1. The molecule has 0 bridgehead atoms. The molecule has 4 aliphatic rings. The molecule has 2 N–H and O–H groups in total. The van der Waals surface area contributed by atoms with E-state index < -0.39 is 0 Å². The second-order valence-electron chi connectivity index (χ2n) is 8.98. The first kappa shape index (κ1) is 18.9. The van der Waals surface area contributed by atoms with E-state index in [1.54, 1.807) is 4.90 Å². The highest BCUT2D eigenvalue weighted by molar-refractivity contribution is 5.79. The molecule has 2 aliphatic carbocycles. The average Bonchev–Trinajstić information content (AvgIpc) is 3.46. The highest BCUT2D eigenvalue weighted by atomic mass is 16.7. The maximum atomic E-state index is 13.1. The molecule has 0 radical (unpaired) electrons. The van der Waals surface area contributed by atoms with Crippen LogP contribution >= 0.6 is 0 Å². The number of nitrogens with zero attached hydrogens (tertiary/aromatic N) is 1. The molecule has 156 valence electrons. The van der Waals surface area contributed by atoms with Crippen LogP contribution in [0.5, 0.6) is 11.5 Å². The number of nitrogens with one attached hydrogen (secondary N) is 2. The molecule has 1 saturated carbocycles. The smallest absolute Gasteiger partial charge is 0.282 e. The molecule has 2 aliphatic heterocycles. The second kappa shape index (κ2) is 8.36. The number of ether oxygens (including phenoxy) is 2. The van der Waals surface area contributed by atoms with Gasteiger partial charge < -0.3 is 24.2 Å². The van der Waals surface area contributed by atoms with Crippen molar-refractivity contribution in [3.8, 4) is 11.5 Å². The fourth-order valence-corrected chi connectivity index (χ4v) is 4.92. The number of hydrogen-bond acceptors (Lipinski definition) is 3. The fourth-order valence-electron chi connectivity index (χ4n) is 4.92. The van der Waals surface area contributed by atoms with Gasteiger partial charge in [-0.05, 0) is 56.7 Å². The van der Waals surface area contributed by atoms with Gasteiger partial charge in [-0.15, -0.1) is 0 Å². The van der Waals surface area contributed by atoms with E-state index in [1.165, 1.54) is 41.8 Å². The molecule has 1 aromatic carbocycles. The van der Waals surface area contributed by atoms with E-state index in [2.05, 4.69) is 23.1 Å². The molecule has 0 aromatic heterocycles. The first-order valence-electron chi connectivity index (χ1n) is 11.3. The van der Waals surface area contributed by atoms with Crippen molar-refractivity contribution in [1.29, 1.82) is 0 Å². The van der Waals surface area contributed by atoms with Gasteiger partial charge in [-0.2, -0.15) is 0 Å². The molecular weight excluding hydrogens is 366 g/mol. The standard InChI is InChI=1S/C23H31N3O3/c27-23(26(20-7-8-20)19-4-2-1-3-5-19)16-25-12-10-24(11-13-25)15-18-6-9-21-22(14-18)29-17-28-21/h4,6,9,14,20H,1-3,5,7-8,10-13,15-17H2/p+2. The van der Waals surface area contributed by atoms with Crippen molar-refractivity contribution in [3.05, 3.63) is 35.5 Å². The molecule has 29 heavy (non-hydrogen) atoms. The Morgan fingerprint density at radius 3 is 2.59 bits per heavy atom. The molecule has 0 atom stereocenters. The van der Waals surface area contributed by atoms with Crippen molar-refractivity contribution in [2.45, 2.75) is 51.1 Å². The second-order valence-corrected chi connectivity index (χ2v) is 8.98. The number of hydrogen-bond donors (Lipinski definition) is 2. The van der Waals surface area contributed by atoms with Gasteiger partial charge in [-0.25, -0.2) is 0 Å². The Balaban J connectivity index is 1.13. The third kappa shape index (κ3) is 4.43. The number of benzene rings is 1. The summed E-state index contributed by atoms with van der Waals surface area (Å²) < 4.78 is 10.9. The highest BCUT2D eigenvalue weighted by Gasteiger charge is 2.37. The summed E-state index contributed by atoms with van der Waals surface area (Å²) in [4.78, 5) is 18.3. The molecule has 0 spiro atoms. The van der Waals surface area contributed by atoms with E-state index in [-0.39, 0.29) is 0 Å². The molecule has 6 nitrogen and oxygen atoms in total. The Hall–Kier alpha value is -2.05. The summed E-state index contributed by atoms with van der Waals surface area (Å²) in [6.45, 7) is 6.37. The van der Waals surface area contributed by atoms with Gasteiger partial charge in [0, 0.05) is 17.3 Å². The van der Waals surface area contributed by atoms with Gasteiger partial charge in [0.05, 0.1) is 0 Å². The maximum absolute atomic E-state index is 13.1. The zero-order chi connectivity index (χ0) is 19.6. The van der Waals surface area contributed by atoms with Crippen molar-refractivity contribution in [2.24, 2.45) is 0 Å². The lowest BCUT2D eigenvalue weighted by molar-refractivity contribution is -1.02. The Morgan fingerprint density at radius 2 is 1.83 bits per heavy atom. The van der Waals surface area contributed by atoms with Crippen molar-refractivity contribution >= 4 is 5.91 Å². The van der Waals surface area contributed by atoms with Crippen LogP contribution in [0.4, 0.5) is 0 Å². The zero-order valence-corrected chi connectivity index (χ0v) is 17.3. The minimum atomic E-state index is 0.330. The first-order chi connectivity index (χ1) is 14.3. The van der Waals surface area contributed by atoms with Crippen molar-refractivity contribution in [2.75, 3.05) is 39.5 Å². The SMILES string of the molecule is O=C(C[NH+]1CC[NH+](Cc2ccc3c(c2)OCO3)CC1)N(C1=CCCCC1)C1CC1. The fraction of sp³-hybridized carbons (Fsp3) is 0.609. The quantitative estimate of drug-likeness (QED) is 0.716. The first-order valence-corrected chi connectivity index (χ1v) is 11.3. The lowest BCUT2D eigenvalue weighted by atomic mass is 10.0. The Bertz CT molecular complexity index is 782. The van der Waals surface area contributed by atoms with Crippen LogP contribution in [-0.2, 0) is 11.3 Å². The van der Waals surface area contributed by atoms with Crippen molar-refractivity contribution in [1.82, 2.24) is 4.90 Å². The van der Waals surface area contributed by atoms with E-state index in [4.69, 9.17) is 9.47 Å². The molecule has 1 saturated heterocycles. The van der Waals surface area contributed by atoms with Crippen LogP contribution < -0.4 is 19.3 Å². The minimum absolute atomic E-state index is 0.330. The van der Waals surface area contributed by atoms with E-state index in [1.807, 2.05) is 6.07 Å². The van der Waals surface area contributed by atoms with Crippen molar-refractivity contribution < 1.29 is 24.1 Å². The third-order valence-corrected chi connectivity index (χ3v) is 6.71. The minimum Gasteiger partial charge on any atom is -0.454 e. The average molecular weight is 400 g/mol. The summed E-state index contributed by atoms with van der Waals surface area (Å²) >= 11 is 0. The molecule has 6 heteroatoms. The summed E-state index contributed by atoms with van der Waals surface area (Å²) in [5.41, 5.74) is 2.61. The van der Waals surface area contributed by atoms with Gasteiger partial charge in [-0.1, -0.05) is 6.08 Å². The number of quaternary nitrogens is 2. The van der Waals surface area contributed by atoms with E-state index in [0.29, 0.717) is 25.3 Å². The van der Waals surface area contributed by atoms with Gasteiger partial charge in [0.15, 0.2) is 18.0 Å². The number of rotatable bonds is 6. The molecule has 2 heterocycles. The van der Waals surface area contributed by atoms with Crippen LogP contribution in [0.3, 0.4) is 0 Å². The maximum Gasteiger partial charge on any atom is 0.282 e. The predicted molar refractivity (Wildman–Crippen MR) is 109 cm³/mol. The van der Waals surface area contributed by atoms with Crippen molar-refractivity contribution in [3.63, 3.8) is 0 Å². The summed E-state index contributed by atoms with van der Waals surface area (Å²) in [7, 11) is 0. The Morgan fingerprint density at radius 1 is 1.03 bits per heavy atom. The summed E-state index contributed by atoms with van der Waals surface area (Å²) in [5.74, 6) is 2.08. The largest absolute Gasteiger partial charge is 0.454 e. The zero-order valence-electron chi connectivity index (χ0n) is 17.3. The molecule has 0 unspecified atom stereocenters. The predicted octanol–water partition coefficient (Wildman–Crippen LogP) is 0.148. The molecular formula is C23H33N3O3+2. The van der Waals surface area contributed by atoms with Gasteiger partial charge in [0.25, 0.3) is 5.91 Å². The summed E-state index contributed by atoms with van der Waals surface area (Å²) in [5, 5.41) is 0. The Kier molecular flexibility index (Phi) is 5.46. The van der Waals surface area contributed by atoms with Crippen LogP contribution in [0.1, 0.15) is 44.1 Å². The van der Waals surface area contributed by atoms with Gasteiger partial charge in [0.2, 0.25) is 6.79 Å². The van der Waals surface area contributed by atoms with Gasteiger partial charge >= 0.3 is 0 Å². The van der Waals surface area contributed by atoms with E-state index >= 15 is 0 Å². The van der Waals surface area contributed by atoms with Gasteiger partial charge in [-0.3, -0.25) is 4.79 Å². The monoisotopic (exact) mass is 399 g/mol. The van der Waals surface area contributed by atoms with E-state index in [9.17, 15) is 4.79 Å². The molecule has 2 fully saturated rings. The lowest BCUT2D eigenvalue weighted by Gasteiger charge is -2.32. The third-order valence-electron chi connectivity index (χ3n) is 6.71. The number of allylic oxidation sites excluding steroid dienone is 2. The van der Waals surface area contributed by atoms with E-state index in [0.717, 1.165) is 57.1 Å². The van der Waals surface area contributed by atoms with Crippen LogP contribution in [0.15, 0.2) is 30.0 Å². The van der Waals surface area contributed by atoms with Crippen LogP contribution in [0, 0.1) is 0 Å².